The van der Waals surface area contributed by atoms with E-state index in [1.54, 1.807) is 12.1 Å². The predicted molar refractivity (Wildman–Crippen MR) is 73.1 cm³/mol. The third kappa shape index (κ3) is 5.21. The number of nitrogens with zero attached hydrogens (tertiary/aromatic N) is 1. The highest BCUT2D eigenvalue weighted by Gasteiger charge is 2.28. The summed E-state index contributed by atoms with van der Waals surface area (Å²) in [5, 5.41) is 9.38. The van der Waals surface area contributed by atoms with Crippen LogP contribution < -0.4 is 4.74 Å². The fraction of sp³-hybridized carbons (Fsp3) is 0.600. The van der Waals surface area contributed by atoms with E-state index in [1.807, 2.05) is 6.07 Å². The Bertz CT molecular complexity index is 451. The van der Waals surface area contributed by atoms with E-state index >= 15 is 0 Å². The molecule has 0 unspecified atom stereocenters. The summed E-state index contributed by atoms with van der Waals surface area (Å²) >= 11 is 0. The van der Waals surface area contributed by atoms with Crippen LogP contribution in [0.3, 0.4) is 0 Å². The van der Waals surface area contributed by atoms with Gasteiger partial charge in [-0.05, 0) is 37.1 Å². The van der Waals surface area contributed by atoms with Crippen molar-refractivity contribution in [1.82, 2.24) is 4.90 Å². The van der Waals surface area contributed by atoms with Crippen molar-refractivity contribution in [3.63, 3.8) is 0 Å². The first-order valence-electron chi connectivity index (χ1n) is 7.11. The van der Waals surface area contributed by atoms with Crippen LogP contribution in [-0.4, -0.2) is 42.0 Å². The molecule has 118 valence electrons. The molecule has 0 aliphatic carbocycles. The minimum atomic E-state index is -4.33. The van der Waals surface area contributed by atoms with E-state index in [-0.39, 0.29) is 18.4 Å². The van der Waals surface area contributed by atoms with Crippen LogP contribution in [0.25, 0.3) is 0 Å². The van der Waals surface area contributed by atoms with E-state index in [9.17, 15) is 18.3 Å². The third-order valence-corrected chi connectivity index (χ3v) is 3.65. The van der Waals surface area contributed by atoms with Crippen LogP contribution in [-0.2, 0) is 6.54 Å². The number of hydrogen-bond donors (Lipinski definition) is 1. The van der Waals surface area contributed by atoms with Crippen molar-refractivity contribution >= 4 is 0 Å². The molecular formula is C15H20F3NO2. The minimum Gasteiger partial charge on any atom is -0.484 e. The summed E-state index contributed by atoms with van der Waals surface area (Å²) in [4.78, 5) is 2.17. The number of aliphatic hydroxyl groups is 1. The van der Waals surface area contributed by atoms with Crippen LogP contribution in [0.4, 0.5) is 13.2 Å². The van der Waals surface area contributed by atoms with Gasteiger partial charge in [-0.2, -0.15) is 13.2 Å². The molecule has 0 saturated carbocycles. The molecule has 1 heterocycles. The van der Waals surface area contributed by atoms with Gasteiger partial charge in [0.1, 0.15) is 5.75 Å². The Labute approximate surface area is 122 Å². The number of rotatable bonds is 5. The second kappa shape index (κ2) is 7.13. The first-order chi connectivity index (χ1) is 9.98. The average Bonchev–Trinajstić information content (AvgIpc) is 2.45. The first kappa shape index (κ1) is 16.1. The summed E-state index contributed by atoms with van der Waals surface area (Å²) in [5.41, 5.74) is 0.898. The Kier molecular flexibility index (Phi) is 5.47. The smallest absolute Gasteiger partial charge is 0.422 e. The van der Waals surface area contributed by atoms with E-state index in [0.29, 0.717) is 6.54 Å². The molecular weight excluding hydrogens is 283 g/mol. The lowest BCUT2D eigenvalue weighted by Crippen LogP contribution is -2.41. The maximum Gasteiger partial charge on any atom is 0.422 e. The largest absolute Gasteiger partial charge is 0.484 e. The molecule has 0 spiro atoms. The quantitative estimate of drug-likeness (QED) is 0.908. The van der Waals surface area contributed by atoms with Crippen LogP contribution >= 0.6 is 0 Å². The highest BCUT2D eigenvalue weighted by atomic mass is 19.4. The van der Waals surface area contributed by atoms with Gasteiger partial charge in [-0.25, -0.2) is 0 Å². The zero-order valence-electron chi connectivity index (χ0n) is 11.8. The van der Waals surface area contributed by atoms with Gasteiger partial charge in [0, 0.05) is 12.6 Å². The molecule has 1 aliphatic rings. The molecule has 0 bridgehead atoms. The number of likely N-dealkylation sites (tertiary alicyclic amines) is 1. The average molecular weight is 303 g/mol. The molecule has 0 aromatic heterocycles. The summed E-state index contributed by atoms with van der Waals surface area (Å²) < 4.78 is 41.2. The minimum absolute atomic E-state index is 0.115. The molecule has 1 saturated heterocycles. The van der Waals surface area contributed by atoms with Gasteiger partial charge in [0.2, 0.25) is 0 Å². The molecule has 0 amide bonds. The van der Waals surface area contributed by atoms with Crippen molar-refractivity contribution in [3.8, 4) is 5.75 Å². The van der Waals surface area contributed by atoms with Gasteiger partial charge in [-0.3, -0.25) is 4.90 Å². The fourth-order valence-corrected chi connectivity index (χ4v) is 2.61. The first-order valence-corrected chi connectivity index (χ1v) is 7.11. The molecule has 1 atom stereocenters. The monoisotopic (exact) mass is 303 g/mol. The second-order valence-electron chi connectivity index (χ2n) is 5.35. The number of benzene rings is 1. The molecule has 3 nitrogen and oxygen atoms in total. The van der Waals surface area contributed by atoms with Crippen molar-refractivity contribution in [2.75, 3.05) is 19.8 Å². The van der Waals surface area contributed by atoms with E-state index in [2.05, 4.69) is 4.90 Å². The standard InChI is InChI=1S/C15H20F3NO2/c16-15(17,18)11-21-14-6-3-4-12(8-14)9-19-7-2-1-5-13(19)10-20/h3-4,6,8,13,20H,1-2,5,7,9-11H2/t13-/m1/s1. The zero-order chi connectivity index (χ0) is 15.3. The molecule has 0 radical (unpaired) electrons. The number of alkyl halides is 3. The van der Waals surface area contributed by atoms with Crippen LogP contribution in [0.2, 0.25) is 0 Å². The third-order valence-electron chi connectivity index (χ3n) is 3.65. The lowest BCUT2D eigenvalue weighted by atomic mass is 10.0. The van der Waals surface area contributed by atoms with Gasteiger partial charge in [-0.1, -0.05) is 18.6 Å². The normalized spacial score (nSPS) is 20.5. The number of piperidine rings is 1. The Morgan fingerprint density at radius 3 is 2.81 bits per heavy atom. The maximum absolute atomic E-state index is 12.2. The summed E-state index contributed by atoms with van der Waals surface area (Å²) in [7, 11) is 0. The molecule has 1 aromatic rings. The van der Waals surface area contributed by atoms with Crippen LogP contribution in [0.1, 0.15) is 24.8 Å². The molecule has 1 aromatic carbocycles. The Morgan fingerprint density at radius 1 is 1.29 bits per heavy atom. The van der Waals surface area contributed by atoms with Crippen LogP contribution in [0, 0.1) is 0 Å². The van der Waals surface area contributed by atoms with Gasteiger partial charge in [-0.15, -0.1) is 0 Å². The van der Waals surface area contributed by atoms with Gasteiger partial charge >= 0.3 is 6.18 Å². The number of hydrogen-bond acceptors (Lipinski definition) is 3. The zero-order valence-corrected chi connectivity index (χ0v) is 11.8. The molecule has 1 aliphatic heterocycles. The molecule has 6 heteroatoms. The summed E-state index contributed by atoms with van der Waals surface area (Å²) in [5.74, 6) is 0.224. The highest BCUT2D eigenvalue weighted by molar-refractivity contribution is 5.28. The lowest BCUT2D eigenvalue weighted by molar-refractivity contribution is -0.153. The van der Waals surface area contributed by atoms with E-state index in [4.69, 9.17) is 4.74 Å². The lowest BCUT2D eigenvalue weighted by Gasteiger charge is -2.34. The van der Waals surface area contributed by atoms with Crippen molar-refractivity contribution in [3.05, 3.63) is 29.8 Å². The Hall–Kier alpha value is -1.27. The summed E-state index contributed by atoms with van der Waals surface area (Å²) in [6, 6.07) is 6.85. The van der Waals surface area contributed by atoms with E-state index < -0.39 is 12.8 Å². The van der Waals surface area contributed by atoms with Crippen molar-refractivity contribution in [2.24, 2.45) is 0 Å². The second-order valence-corrected chi connectivity index (χ2v) is 5.35. The maximum atomic E-state index is 12.2. The number of aliphatic hydroxyl groups excluding tert-OH is 1. The summed E-state index contributed by atoms with van der Waals surface area (Å²) in [6.45, 7) is 0.358. The van der Waals surface area contributed by atoms with Crippen molar-refractivity contribution < 1.29 is 23.0 Å². The van der Waals surface area contributed by atoms with Crippen molar-refractivity contribution in [2.45, 2.75) is 38.0 Å². The topological polar surface area (TPSA) is 32.7 Å². The highest BCUT2D eigenvalue weighted by Crippen LogP contribution is 2.23. The SMILES string of the molecule is OC[C@H]1CCCCN1Cc1cccc(OCC(F)(F)F)c1. The fourth-order valence-electron chi connectivity index (χ4n) is 2.61. The molecule has 1 fully saturated rings. The Balaban J connectivity index is 1.97. The van der Waals surface area contributed by atoms with Crippen molar-refractivity contribution in [1.29, 1.82) is 0 Å². The summed E-state index contributed by atoms with van der Waals surface area (Å²) in [6.07, 6.45) is -1.18. The molecule has 2 rings (SSSR count). The van der Waals surface area contributed by atoms with E-state index in [1.165, 1.54) is 6.07 Å². The molecule has 21 heavy (non-hydrogen) atoms. The van der Waals surface area contributed by atoms with Gasteiger partial charge in [0.25, 0.3) is 0 Å². The van der Waals surface area contributed by atoms with E-state index in [0.717, 1.165) is 31.4 Å². The van der Waals surface area contributed by atoms with Gasteiger partial charge in [0.15, 0.2) is 6.61 Å². The number of ether oxygens (including phenoxy) is 1. The van der Waals surface area contributed by atoms with Crippen LogP contribution in [0.5, 0.6) is 5.75 Å². The Morgan fingerprint density at radius 2 is 2.10 bits per heavy atom. The molecule has 1 N–H and O–H groups in total. The number of halogens is 3. The van der Waals surface area contributed by atoms with Crippen LogP contribution in [0.15, 0.2) is 24.3 Å². The van der Waals surface area contributed by atoms with Gasteiger partial charge in [0.05, 0.1) is 6.61 Å². The predicted octanol–water partition coefficient (Wildman–Crippen LogP) is 2.97. The van der Waals surface area contributed by atoms with Gasteiger partial charge < -0.3 is 9.84 Å².